The predicted octanol–water partition coefficient (Wildman–Crippen LogP) is 3.89. The molecule has 0 fully saturated rings. The second kappa shape index (κ2) is 6.19. The number of halogens is 3. The molecule has 1 aromatic rings. The Morgan fingerprint density at radius 3 is 2.53 bits per heavy atom. The minimum Gasteiger partial charge on any atom is -0.312 e. The monoisotopic (exact) mass is 272 g/mol. The molecule has 106 valence electrons. The molecule has 0 aromatic carbocycles. The first-order valence-corrected chi connectivity index (χ1v) is 6.13. The lowest BCUT2D eigenvalue weighted by atomic mass is 10.1. The van der Waals surface area contributed by atoms with Crippen LogP contribution >= 0.6 is 0 Å². The van der Waals surface area contributed by atoms with E-state index in [9.17, 15) is 13.2 Å². The van der Waals surface area contributed by atoms with Crippen LogP contribution in [0.15, 0.2) is 24.5 Å². The predicted molar refractivity (Wildman–Crippen MR) is 70.6 cm³/mol. The summed E-state index contributed by atoms with van der Waals surface area (Å²) >= 11 is 0. The Bertz CT molecular complexity index is 431. The van der Waals surface area contributed by atoms with Crippen molar-refractivity contribution in [2.24, 2.45) is 0 Å². The summed E-state index contributed by atoms with van der Waals surface area (Å²) < 4.78 is 38.1. The van der Waals surface area contributed by atoms with Crippen molar-refractivity contribution >= 4 is 6.08 Å². The van der Waals surface area contributed by atoms with E-state index >= 15 is 0 Å². The largest absolute Gasteiger partial charge is 0.417 e. The molecule has 1 N–H and O–H groups in total. The molecule has 0 radical (unpaired) electrons. The number of alkyl halides is 3. The highest BCUT2D eigenvalue weighted by Gasteiger charge is 2.32. The van der Waals surface area contributed by atoms with Gasteiger partial charge in [-0.25, -0.2) is 0 Å². The summed E-state index contributed by atoms with van der Waals surface area (Å²) in [5, 5.41) is 3.26. The van der Waals surface area contributed by atoms with E-state index < -0.39 is 11.7 Å². The molecule has 0 saturated heterocycles. The van der Waals surface area contributed by atoms with Crippen LogP contribution in [0.25, 0.3) is 6.08 Å². The highest BCUT2D eigenvalue weighted by Crippen LogP contribution is 2.31. The molecule has 0 unspecified atom stereocenters. The summed E-state index contributed by atoms with van der Waals surface area (Å²) in [6.07, 6.45) is 1.92. The van der Waals surface area contributed by atoms with Crippen molar-refractivity contribution in [1.82, 2.24) is 10.3 Å². The number of hydrogen-bond donors (Lipinski definition) is 1. The molecule has 0 bridgehead atoms. The highest BCUT2D eigenvalue weighted by molar-refractivity contribution is 5.53. The third-order valence-corrected chi connectivity index (χ3v) is 2.42. The van der Waals surface area contributed by atoms with Crippen LogP contribution in [0.5, 0.6) is 0 Å². The molecule has 0 aliphatic heterocycles. The van der Waals surface area contributed by atoms with Gasteiger partial charge in [0.25, 0.3) is 0 Å². The number of aromatic nitrogens is 1. The molecule has 1 aromatic heterocycles. The zero-order valence-corrected chi connectivity index (χ0v) is 11.4. The van der Waals surface area contributed by atoms with E-state index in [0.29, 0.717) is 6.42 Å². The van der Waals surface area contributed by atoms with Gasteiger partial charge in [-0.15, -0.1) is 0 Å². The number of hydrogen-bond acceptors (Lipinski definition) is 2. The van der Waals surface area contributed by atoms with Gasteiger partial charge < -0.3 is 5.32 Å². The first-order valence-electron chi connectivity index (χ1n) is 6.13. The van der Waals surface area contributed by atoms with Crippen LogP contribution in [0.3, 0.4) is 0 Å². The Morgan fingerprint density at radius 2 is 1.95 bits per heavy atom. The van der Waals surface area contributed by atoms with E-state index in [1.807, 2.05) is 20.8 Å². The maximum Gasteiger partial charge on any atom is 0.417 e. The summed E-state index contributed by atoms with van der Waals surface area (Å²) in [6.45, 7) is 6.85. The molecule has 1 rings (SSSR count). The fourth-order valence-electron chi connectivity index (χ4n) is 1.54. The molecule has 0 amide bonds. The number of nitrogens with one attached hydrogen (secondary N) is 1. The minimum absolute atomic E-state index is 0.0132. The fourth-order valence-corrected chi connectivity index (χ4v) is 1.54. The van der Waals surface area contributed by atoms with Crippen LogP contribution in [0, 0.1) is 0 Å². The van der Waals surface area contributed by atoms with E-state index in [1.54, 1.807) is 6.08 Å². The maximum absolute atomic E-state index is 12.7. The van der Waals surface area contributed by atoms with Crippen LogP contribution in [0.2, 0.25) is 0 Å². The lowest BCUT2D eigenvalue weighted by Gasteiger charge is -2.19. The molecule has 2 nitrogen and oxygen atoms in total. The van der Waals surface area contributed by atoms with Crippen LogP contribution in [0.4, 0.5) is 13.2 Å². The Balaban J connectivity index is 2.63. The normalized spacial score (nSPS) is 13.2. The van der Waals surface area contributed by atoms with Crippen molar-refractivity contribution in [3.63, 3.8) is 0 Å². The van der Waals surface area contributed by atoms with Gasteiger partial charge in [0, 0.05) is 23.5 Å². The number of nitrogens with zero attached hydrogens (tertiary/aromatic N) is 1. The Labute approximate surface area is 111 Å². The summed E-state index contributed by atoms with van der Waals surface area (Å²) in [7, 11) is 0. The van der Waals surface area contributed by atoms with Gasteiger partial charge >= 0.3 is 6.18 Å². The minimum atomic E-state index is -4.34. The number of pyridine rings is 1. The topological polar surface area (TPSA) is 24.9 Å². The molecular weight excluding hydrogens is 253 g/mol. The van der Waals surface area contributed by atoms with Crippen molar-refractivity contribution in [1.29, 1.82) is 0 Å². The average molecular weight is 272 g/mol. The van der Waals surface area contributed by atoms with E-state index in [0.717, 1.165) is 18.8 Å². The van der Waals surface area contributed by atoms with Crippen molar-refractivity contribution in [3.8, 4) is 0 Å². The molecule has 0 atom stereocenters. The van der Waals surface area contributed by atoms with Gasteiger partial charge in [-0.2, -0.15) is 13.2 Å². The van der Waals surface area contributed by atoms with Crippen LogP contribution in [-0.2, 0) is 6.18 Å². The van der Waals surface area contributed by atoms with E-state index in [4.69, 9.17) is 0 Å². The lowest BCUT2D eigenvalue weighted by Crippen LogP contribution is -2.36. The van der Waals surface area contributed by atoms with Gasteiger partial charge in [-0.05, 0) is 39.8 Å². The zero-order valence-electron chi connectivity index (χ0n) is 11.4. The molecule has 0 aliphatic rings. The van der Waals surface area contributed by atoms with Crippen molar-refractivity contribution in [2.45, 2.75) is 38.9 Å². The molecule has 0 aliphatic carbocycles. The van der Waals surface area contributed by atoms with E-state index in [2.05, 4.69) is 10.3 Å². The van der Waals surface area contributed by atoms with Gasteiger partial charge in [0.1, 0.15) is 0 Å². The molecule has 1 heterocycles. The van der Waals surface area contributed by atoms with Crippen molar-refractivity contribution < 1.29 is 13.2 Å². The smallest absolute Gasteiger partial charge is 0.312 e. The average Bonchev–Trinajstić information content (AvgIpc) is 2.26. The Morgan fingerprint density at radius 1 is 1.26 bits per heavy atom. The van der Waals surface area contributed by atoms with Crippen molar-refractivity contribution in [3.05, 3.63) is 35.7 Å². The molecule has 19 heavy (non-hydrogen) atoms. The van der Waals surface area contributed by atoms with Crippen LogP contribution < -0.4 is 5.32 Å². The van der Waals surface area contributed by atoms with E-state index in [1.165, 1.54) is 12.3 Å². The van der Waals surface area contributed by atoms with Crippen molar-refractivity contribution in [2.75, 3.05) is 6.54 Å². The Hall–Kier alpha value is -1.36. The second-order valence-corrected chi connectivity index (χ2v) is 5.33. The highest BCUT2D eigenvalue weighted by atomic mass is 19.4. The standard InChI is InChI=1S/C14H19F3N2/c1-13(2,3)19-8-5-4-6-11-10-18-9-7-12(11)14(15,16)17/h4,6-7,9-10,19H,5,8H2,1-3H3/b6-4+. The Kier molecular flexibility index (Phi) is 5.11. The summed E-state index contributed by atoms with van der Waals surface area (Å²) in [4.78, 5) is 3.73. The van der Waals surface area contributed by atoms with Crippen LogP contribution in [0.1, 0.15) is 38.3 Å². The van der Waals surface area contributed by atoms with Gasteiger partial charge in [-0.1, -0.05) is 12.2 Å². The van der Waals surface area contributed by atoms with E-state index in [-0.39, 0.29) is 11.1 Å². The first kappa shape index (κ1) is 15.7. The quantitative estimate of drug-likeness (QED) is 0.841. The SMILES string of the molecule is CC(C)(C)NCC/C=C/c1cnccc1C(F)(F)F. The van der Waals surface area contributed by atoms with Gasteiger partial charge in [0.15, 0.2) is 0 Å². The maximum atomic E-state index is 12.7. The summed E-state index contributed by atoms with van der Waals surface area (Å²) in [5.41, 5.74) is -0.535. The lowest BCUT2D eigenvalue weighted by molar-refractivity contribution is -0.137. The van der Waals surface area contributed by atoms with Gasteiger partial charge in [0.05, 0.1) is 5.56 Å². The van der Waals surface area contributed by atoms with Gasteiger partial charge in [-0.3, -0.25) is 4.98 Å². The molecule has 0 saturated carbocycles. The molecule has 5 heteroatoms. The van der Waals surface area contributed by atoms with Gasteiger partial charge in [0.2, 0.25) is 0 Å². The fraction of sp³-hybridized carbons (Fsp3) is 0.500. The zero-order chi connectivity index (χ0) is 14.5. The number of rotatable bonds is 4. The third kappa shape index (κ3) is 5.87. The second-order valence-electron chi connectivity index (χ2n) is 5.33. The molecular formula is C14H19F3N2. The summed E-state index contributed by atoms with van der Waals surface area (Å²) in [6, 6.07) is 0.993. The first-order chi connectivity index (χ1) is 8.70. The third-order valence-electron chi connectivity index (χ3n) is 2.42. The molecule has 0 spiro atoms. The van der Waals surface area contributed by atoms with Crippen LogP contribution in [-0.4, -0.2) is 17.1 Å². The summed E-state index contributed by atoms with van der Waals surface area (Å²) in [5.74, 6) is 0.